The standard InChI is InChI=1S/C9H10NO/c1-6-5-7-3-2-4-8(10)9(7)11-6/h2-4,6H,1,5,10H2. The van der Waals surface area contributed by atoms with Crippen molar-refractivity contribution in [3.8, 4) is 5.75 Å². The molecule has 1 aliphatic rings. The molecular weight excluding hydrogens is 138 g/mol. The average Bonchev–Trinajstić information content (AvgIpc) is 2.31. The molecule has 1 heterocycles. The molecule has 2 heteroatoms. The molecule has 0 fully saturated rings. The molecule has 1 aromatic rings. The molecule has 0 saturated carbocycles. The van der Waals surface area contributed by atoms with Crippen molar-refractivity contribution in [2.24, 2.45) is 0 Å². The first-order valence-electron chi connectivity index (χ1n) is 3.64. The second-order valence-electron chi connectivity index (χ2n) is 2.78. The van der Waals surface area contributed by atoms with Gasteiger partial charge in [0.15, 0.2) is 0 Å². The van der Waals surface area contributed by atoms with Gasteiger partial charge >= 0.3 is 0 Å². The van der Waals surface area contributed by atoms with Gasteiger partial charge in [-0.25, -0.2) is 0 Å². The molecule has 1 radical (unpaired) electrons. The molecule has 0 saturated heterocycles. The number of rotatable bonds is 0. The van der Waals surface area contributed by atoms with Crippen LogP contribution in [0.4, 0.5) is 5.69 Å². The SMILES string of the molecule is [CH2]C1Cc2cccc(N)c2O1. The van der Waals surface area contributed by atoms with Crippen LogP contribution in [0.2, 0.25) is 0 Å². The van der Waals surface area contributed by atoms with Crippen molar-refractivity contribution in [1.82, 2.24) is 0 Å². The van der Waals surface area contributed by atoms with Gasteiger partial charge in [-0.05, 0) is 18.6 Å². The van der Waals surface area contributed by atoms with E-state index in [1.54, 1.807) is 0 Å². The van der Waals surface area contributed by atoms with E-state index in [0.29, 0.717) is 5.69 Å². The van der Waals surface area contributed by atoms with Gasteiger partial charge in [-0.15, -0.1) is 0 Å². The Labute approximate surface area is 66.0 Å². The number of ether oxygens (including phenoxy) is 1. The number of para-hydroxylation sites is 1. The average molecular weight is 148 g/mol. The first kappa shape index (κ1) is 6.53. The highest BCUT2D eigenvalue weighted by Crippen LogP contribution is 2.33. The van der Waals surface area contributed by atoms with Crippen LogP contribution in [-0.4, -0.2) is 6.10 Å². The summed E-state index contributed by atoms with van der Waals surface area (Å²) in [7, 11) is 0. The maximum Gasteiger partial charge on any atom is 0.145 e. The van der Waals surface area contributed by atoms with Crippen molar-refractivity contribution in [1.29, 1.82) is 0 Å². The zero-order valence-electron chi connectivity index (χ0n) is 6.21. The predicted octanol–water partition coefficient (Wildman–Crippen LogP) is 1.41. The second-order valence-corrected chi connectivity index (χ2v) is 2.78. The Morgan fingerprint density at radius 3 is 3.09 bits per heavy atom. The smallest absolute Gasteiger partial charge is 0.145 e. The Morgan fingerprint density at radius 2 is 2.36 bits per heavy atom. The molecule has 57 valence electrons. The Balaban J connectivity index is 2.49. The van der Waals surface area contributed by atoms with E-state index in [9.17, 15) is 0 Å². The predicted molar refractivity (Wildman–Crippen MR) is 44.3 cm³/mol. The van der Waals surface area contributed by atoms with Crippen LogP contribution in [-0.2, 0) is 6.42 Å². The molecular formula is C9H10NO. The number of hydrogen-bond acceptors (Lipinski definition) is 2. The minimum Gasteiger partial charge on any atom is -0.488 e. The van der Waals surface area contributed by atoms with Crippen molar-refractivity contribution in [3.05, 3.63) is 30.7 Å². The number of fused-ring (bicyclic) bond motifs is 1. The van der Waals surface area contributed by atoms with Gasteiger partial charge in [-0.1, -0.05) is 12.1 Å². The van der Waals surface area contributed by atoms with Gasteiger partial charge in [-0.2, -0.15) is 0 Å². The lowest BCUT2D eigenvalue weighted by Gasteiger charge is -2.04. The van der Waals surface area contributed by atoms with Gasteiger partial charge < -0.3 is 10.5 Å². The van der Waals surface area contributed by atoms with Crippen LogP contribution in [0, 0.1) is 6.92 Å². The van der Waals surface area contributed by atoms with Gasteiger partial charge in [0.05, 0.1) is 5.69 Å². The van der Waals surface area contributed by atoms with E-state index in [1.165, 1.54) is 5.56 Å². The molecule has 11 heavy (non-hydrogen) atoms. The summed E-state index contributed by atoms with van der Waals surface area (Å²) in [6, 6.07) is 5.81. The molecule has 0 spiro atoms. The van der Waals surface area contributed by atoms with Gasteiger partial charge in [0.1, 0.15) is 11.9 Å². The summed E-state index contributed by atoms with van der Waals surface area (Å²) in [4.78, 5) is 0. The zero-order chi connectivity index (χ0) is 7.84. The first-order chi connectivity index (χ1) is 5.27. The van der Waals surface area contributed by atoms with Crippen LogP contribution in [0.15, 0.2) is 18.2 Å². The topological polar surface area (TPSA) is 35.2 Å². The van der Waals surface area contributed by atoms with Crippen molar-refractivity contribution in [3.63, 3.8) is 0 Å². The third-order valence-electron chi connectivity index (χ3n) is 1.86. The maximum absolute atomic E-state index is 5.68. The van der Waals surface area contributed by atoms with E-state index >= 15 is 0 Å². The summed E-state index contributed by atoms with van der Waals surface area (Å²) in [6.07, 6.45) is 0.912. The third-order valence-corrected chi connectivity index (χ3v) is 1.86. The van der Waals surface area contributed by atoms with Crippen molar-refractivity contribution < 1.29 is 4.74 Å². The van der Waals surface area contributed by atoms with Crippen molar-refractivity contribution in [2.75, 3.05) is 5.73 Å². The molecule has 0 aromatic heterocycles. The van der Waals surface area contributed by atoms with E-state index in [2.05, 4.69) is 6.92 Å². The summed E-state index contributed by atoms with van der Waals surface area (Å²) >= 11 is 0. The van der Waals surface area contributed by atoms with Gasteiger partial charge in [0.25, 0.3) is 0 Å². The molecule has 2 N–H and O–H groups in total. The van der Waals surface area contributed by atoms with Crippen LogP contribution in [0.1, 0.15) is 5.56 Å². The van der Waals surface area contributed by atoms with E-state index in [-0.39, 0.29) is 6.10 Å². The number of nitrogen functional groups attached to an aromatic ring is 1. The molecule has 1 unspecified atom stereocenters. The molecule has 0 aliphatic carbocycles. The monoisotopic (exact) mass is 148 g/mol. The van der Waals surface area contributed by atoms with E-state index < -0.39 is 0 Å². The molecule has 1 aromatic carbocycles. The summed E-state index contributed by atoms with van der Waals surface area (Å²) in [5, 5.41) is 0. The normalized spacial score (nSPS) is 21.0. The van der Waals surface area contributed by atoms with Crippen LogP contribution >= 0.6 is 0 Å². The summed E-state index contributed by atoms with van der Waals surface area (Å²) in [6.45, 7) is 3.82. The van der Waals surface area contributed by atoms with E-state index in [0.717, 1.165) is 12.2 Å². The lowest BCUT2D eigenvalue weighted by atomic mass is 10.1. The molecule has 2 nitrogen and oxygen atoms in total. The van der Waals surface area contributed by atoms with Gasteiger partial charge in [0, 0.05) is 6.42 Å². The fourth-order valence-electron chi connectivity index (χ4n) is 1.36. The van der Waals surface area contributed by atoms with E-state index in [1.807, 2.05) is 18.2 Å². The minimum atomic E-state index is 0.0368. The van der Waals surface area contributed by atoms with Gasteiger partial charge in [0.2, 0.25) is 0 Å². The second kappa shape index (κ2) is 2.16. The summed E-state index contributed by atoms with van der Waals surface area (Å²) in [5.41, 5.74) is 7.57. The summed E-state index contributed by atoms with van der Waals surface area (Å²) < 4.78 is 5.40. The zero-order valence-corrected chi connectivity index (χ0v) is 6.21. The highest BCUT2D eigenvalue weighted by atomic mass is 16.5. The van der Waals surface area contributed by atoms with Crippen LogP contribution in [0.5, 0.6) is 5.75 Å². The highest BCUT2D eigenvalue weighted by Gasteiger charge is 2.20. The van der Waals surface area contributed by atoms with E-state index in [4.69, 9.17) is 10.5 Å². The Kier molecular flexibility index (Phi) is 1.28. The van der Waals surface area contributed by atoms with Crippen molar-refractivity contribution >= 4 is 5.69 Å². The number of hydrogen-bond donors (Lipinski definition) is 1. The summed E-state index contributed by atoms with van der Waals surface area (Å²) in [5.74, 6) is 0.826. The number of benzene rings is 1. The molecule has 0 amide bonds. The van der Waals surface area contributed by atoms with Crippen LogP contribution in [0.25, 0.3) is 0 Å². The molecule has 1 aliphatic heterocycles. The fraction of sp³-hybridized carbons (Fsp3) is 0.222. The number of nitrogens with two attached hydrogens (primary N) is 1. The Morgan fingerprint density at radius 1 is 1.55 bits per heavy atom. The maximum atomic E-state index is 5.68. The minimum absolute atomic E-state index is 0.0368. The Hall–Kier alpha value is -1.18. The largest absolute Gasteiger partial charge is 0.488 e. The number of anilines is 1. The quantitative estimate of drug-likeness (QED) is 0.564. The molecule has 0 bridgehead atoms. The van der Waals surface area contributed by atoms with Crippen molar-refractivity contribution in [2.45, 2.75) is 12.5 Å². The Bertz CT molecular complexity index is 283. The lowest BCUT2D eigenvalue weighted by molar-refractivity contribution is 0.282. The lowest BCUT2D eigenvalue weighted by Crippen LogP contribution is -2.06. The van der Waals surface area contributed by atoms with Gasteiger partial charge in [-0.3, -0.25) is 0 Å². The third kappa shape index (κ3) is 0.946. The molecule has 2 rings (SSSR count). The first-order valence-corrected chi connectivity index (χ1v) is 3.64. The molecule has 1 atom stereocenters. The highest BCUT2D eigenvalue weighted by molar-refractivity contribution is 5.58. The fourth-order valence-corrected chi connectivity index (χ4v) is 1.36. The van der Waals surface area contributed by atoms with Crippen LogP contribution in [0.3, 0.4) is 0 Å². The van der Waals surface area contributed by atoms with Crippen LogP contribution < -0.4 is 10.5 Å².